The standard InChI is InChI=1S/C16H25NO/c1-15(2,3)12-10-11(6-7-13(12)18-5)14(17)16(4)8-9-16/h6-7,10,14H,8-9,17H2,1-5H3. The Labute approximate surface area is 111 Å². The second kappa shape index (κ2) is 4.27. The molecule has 0 saturated heterocycles. The maximum atomic E-state index is 6.40. The van der Waals surface area contributed by atoms with Crippen LogP contribution >= 0.6 is 0 Å². The van der Waals surface area contributed by atoms with Crippen molar-refractivity contribution in [1.82, 2.24) is 0 Å². The summed E-state index contributed by atoms with van der Waals surface area (Å²) in [5.41, 5.74) is 9.26. The van der Waals surface area contributed by atoms with Crippen molar-refractivity contribution in [3.05, 3.63) is 29.3 Å². The third kappa shape index (κ3) is 2.39. The lowest BCUT2D eigenvalue weighted by Gasteiger charge is -2.26. The first kappa shape index (κ1) is 13.4. The molecule has 0 amide bonds. The topological polar surface area (TPSA) is 35.2 Å². The van der Waals surface area contributed by atoms with E-state index < -0.39 is 0 Å². The zero-order valence-corrected chi connectivity index (χ0v) is 12.2. The number of ether oxygens (including phenoxy) is 1. The molecule has 1 atom stereocenters. The van der Waals surface area contributed by atoms with Gasteiger partial charge >= 0.3 is 0 Å². The Hall–Kier alpha value is -1.02. The lowest BCUT2D eigenvalue weighted by atomic mass is 9.83. The molecule has 0 bridgehead atoms. The van der Waals surface area contributed by atoms with E-state index in [0.717, 1.165) is 5.75 Å². The fourth-order valence-corrected chi connectivity index (χ4v) is 2.42. The summed E-state index contributed by atoms with van der Waals surface area (Å²) in [4.78, 5) is 0. The molecule has 1 aromatic rings. The number of methoxy groups -OCH3 is 1. The Balaban J connectivity index is 2.40. The van der Waals surface area contributed by atoms with Gasteiger partial charge in [-0.1, -0.05) is 33.8 Å². The maximum Gasteiger partial charge on any atom is 0.122 e. The van der Waals surface area contributed by atoms with Crippen LogP contribution < -0.4 is 10.5 Å². The minimum Gasteiger partial charge on any atom is -0.496 e. The highest BCUT2D eigenvalue weighted by Gasteiger charge is 2.43. The molecule has 0 aromatic heterocycles. The van der Waals surface area contributed by atoms with Gasteiger partial charge in [0.2, 0.25) is 0 Å². The van der Waals surface area contributed by atoms with E-state index in [-0.39, 0.29) is 11.5 Å². The van der Waals surface area contributed by atoms with Gasteiger partial charge in [-0.3, -0.25) is 0 Å². The first-order chi connectivity index (χ1) is 8.28. The average Bonchev–Trinajstić information content (AvgIpc) is 3.05. The lowest BCUT2D eigenvalue weighted by molar-refractivity contribution is 0.395. The van der Waals surface area contributed by atoms with Crippen LogP contribution in [0.1, 0.15) is 57.7 Å². The van der Waals surface area contributed by atoms with Crippen LogP contribution in [-0.4, -0.2) is 7.11 Å². The molecular formula is C16H25NO. The van der Waals surface area contributed by atoms with Crippen molar-refractivity contribution in [2.24, 2.45) is 11.1 Å². The molecule has 0 aliphatic heterocycles. The third-order valence-electron chi connectivity index (χ3n) is 4.18. The smallest absolute Gasteiger partial charge is 0.122 e. The van der Waals surface area contributed by atoms with Gasteiger partial charge in [-0.2, -0.15) is 0 Å². The number of hydrogen-bond donors (Lipinski definition) is 1. The summed E-state index contributed by atoms with van der Waals surface area (Å²) in [7, 11) is 1.73. The van der Waals surface area contributed by atoms with Gasteiger partial charge in [0.1, 0.15) is 5.75 Å². The van der Waals surface area contributed by atoms with Crippen LogP contribution in [0, 0.1) is 5.41 Å². The largest absolute Gasteiger partial charge is 0.496 e. The molecule has 0 radical (unpaired) electrons. The van der Waals surface area contributed by atoms with E-state index in [1.54, 1.807) is 7.11 Å². The van der Waals surface area contributed by atoms with Gasteiger partial charge in [-0.05, 0) is 46.9 Å². The number of benzene rings is 1. The van der Waals surface area contributed by atoms with E-state index in [2.05, 4.69) is 45.9 Å². The highest BCUT2D eigenvalue weighted by Crippen LogP contribution is 2.53. The lowest BCUT2D eigenvalue weighted by Crippen LogP contribution is -2.21. The Kier molecular flexibility index (Phi) is 3.18. The molecule has 0 heterocycles. The minimum atomic E-state index is 0.0749. The second-order valence-electron chi connectivity index (χ2n) is 6.84. The molecule has 0 spiro atoms. The van der Waals surface area contributed by atoms with E-state index in [4.69, 9.17) is 10.5 Å². The Bertz CT molecular complexity index is 441. The summed E-state index contributed by atoms with van der Waals surface area (Å²) in [6.45, 7) is 8.90. The summed E-state index contributed by atoms with van der Waals surface area (Å²) in [5.74, 6) is 0.958. The maximum absolute atomic E-state index is 6.40. The normalized spacial score (nSPS) is 19.4. The molecule has 1 aromatic carbocycles. The summed E-state index contributed by atoms with van der Waals surface area (Å²) in [6.07, 6.45) is 2.48. The predicted octanol–water partition coefficient (Wildman–Crippen LogP) is 3.79. The van der Waals surface area contributed by atoms with Crippen molar-refractivity contribution in [3.8, 4) is 5.75 Å². The van der Waals surface area contributed by atoms with Crippen molar-refractivity contribution in [2.75, 3.05) is 7.11 Å². The molecule has 2 heteroatoms. The van der Waals surface area contributed by atoms with Gasteiger partial charge in [0.25, 0.3) is 0 Å². The Morgan fingerprint density at radius 3 is 2.33 bits per heavy atom. The van der Waals surface area contributed by atoms with Gasteiger partial charge in [-0.15, -0.1) is 0 Å². The first-order valence-electron chi connectivity index (χ1n) is 6.72. The summed E-state index contributed by atoms with van der Waals surface area (Å²) in [5, 5.41) is 0. The van der Waals surface area contributed by atoms with Crippen molar-refractivity contribution in [2.45, 2.75) is 52.0 Å². The van der Waals surface area contributed by atoms with Crippen molar-refractivity contribution in [1.29, 1.82) is 0 Å². The van der Waals surface area contributed by atoms with Crippen LogP contribution in [0.3, 0.4) is 0 Å². The highest BCUT2D eigenvalue weighted by atomic mass is 16.5. The van der Waals surface area contributed by atoms with Gasteiger partial charge in [0, 0.05) is 6.04 Å². The molecule has 1 aliphatic carbocycles. The predicted molar refractivity (Wildman–Crippen MR) is 76.0 cm³/mol. The zero-order valence-electron chi connectivity index (χ0n) is 12.2. The van der Waals surface area contributed by atoms with E-state index in [0.29, 0.717) is 5.41 Å². The van der Waals surface area contributed by atoms with E-state index in [9.17, 15) is 0 Å². The van der Waals surface area contributed by atoms with Gasteiger partial charge in [0.15, 0.2) is 0 Å². The number of rotatable bonds is 3. The third-order valence-corrected chi connectivity index (χ3v) is 4.18. The van der Waals surface area contributed by atoms with Gasteiger partial charge in [-0.25, -0.2) is 0 Å². The second-order valence-corrected chi connectivity index (χ2v) is 6.84. The molecule has 18 heavy (non-hydrogen) atoms. The Morgan fingerprint density at radius 2 is 1.89 bits per heavy atom. The van der Waals surface area contributed by atoms with Crippen molar-refractivity contribution >= 4 is 0 Å². The van der Waals surface area contributed by atoms with Crippen LogP contribution in [-0.2, 0) is 5.41 Å². The van der Waals surface area contributed by atoms with Crippen LogP contribution in [0.2, 0.25) is 0 Å². The monoisotopic (exact) mass is 247 g/mol. The molecule has 1 fully saturated rings. The number of nitrogens with two attached hydrogens (primary N) is 1. The minimum absolute atomic E-state index is 0.0749. The SMILES string of the molecule is COc1ccc(C(N)C2(C)CC2)cc1C(C)(C)C. The van der Waals surface area contributed by atoms with E-state index in [1.165, 1.54) is 24.0 Å². The van der Waals surface area contributed by atoms with Gasteiger partial charge < -0.3 is 10.5 Å². The molecule has 1 aliphatic rings. The Morgan fingerprint density at radius 1 is 1.28 bits per heavy atom. The molecule has 100 valence electrons. The molecular weight excluding hydrogens is 222 g/mol. The van der Waals surface area contributed by atoms with Crippen molar-refractivity contribution < 1.29 is 4.74 Å². The van der Waals surface area contributed by atoms with Gasteiger partial charge in [0.05, 0.1) is 7.11 Å². The fraction of sp³-hybridized carbons (Fsp3) is 0.625. The number of hydrogen-bond acceptors (Lipinski definition) is 2. The molecule has 1 saturated carbocycles. The average molecular weight is 247 g/mol. The molecule has 2 nitrogen and oxygen atoms in total. The van der Waals surface area contributed by atoms with E-state index >= 15 is 0 Å². The zero-order chi connectivity index (χ0) is 13.6. The summed E-state index contributed by atoms with van der Waals surface area (Å²) < 4.78 is 5.47. The quantitative estimate of drug-likeness (QED) is 0.882. The molecule has 1 unspecified atom stereocenters. The van der Waals surface area contributed by atoms with Crippen LogP contribution in [0.4, 0.5) is 0 Å². The first-order valence-corrected chi connectivity index (χ1v) is 6.72. The van der Waals surface area contributed by atoms with Crippen LogP contribution in [0.25, 0.3) is 0 Å². The van der Waals surface area contributed by atoms with Crippen molar-refractivity contribution in [3.63, 3.8) is 0 Å². The molecule has 2 rings (SSSR count). The highest BCUT2D eigenvalue weighted by molar-refractivity contribution is 5.43. The van der Waals surface area contributed by atoms with Crippen LogP contribution in [0.5, 0.6) is 5.75 Å². The summed E-state index contributed by atoms with van der Waals surface area (Å²) in [6, 6.07) is 6.54. The van der Waals surface area contributed by atoms with Crippen LogP contribution in [0.15, 0.2) is 18.2 Å². The van der Waals surface area contributed by atoms with E-state index in [1.807, 2.05) is 0 Å². The summed E-state index contributed by atoms with van der Waals surface area (Å²) >= 11 is 0. The fourth-order valence-electron chi connectivity index (χ4n) is 2.42. The molecule has 2 N–H and O–H groups in total.